The lowest BCUT2D eigenvalue weighted by atomic mass is 10.3. The van der Waals surface area contributed by atoms with Crippen LogP contribution in [0.2, 0.25) is 0 Å². The van der Waals surface area contributed by atoms with Crippen LogP contribution in [-0.2, 0) is 0 Å². The summed E-state index contributed by atoms with van der Waals surface area (Å²) in [6.45, 7) is 5.63. The van der Waals surface area contributed by atoms with Gasteiger partial charge in [-0.15, -0.1) is 6.58 Å². The van der Waals surface area contributed by atoms with Gasteiger partial charge in [0.05, 0.1) is 5.56 Å². The van der Waals surface area contributed by atoms with Gasteiger partial charge in [0, 0.05) is 12.2 Å². The summed E-state index contributed by atoms with van der Waals surface area (Å²) in [6.07, 6.45) is 3.33. The fourth-order valence-electron chi connectivity index (χ4n) is 0.838. The predicted octanol–water partition coefficient (Wildman–Crippen LogP) is 1.94. The molecule has 1 N–H and O–H groups in total. The highest BCUT2D eigenvalue weighted by atomic mass is 15.0. The first-order valence-electron chi connectivity index (χ1n) is 4.01. The van der Waals surface area contributed by atoms with E-state index < -0.39 is 0 Å². The van der Waals surface area contributed by atoms with Gasteiger partial charge in [-0.25, -0.2) is 4.98 Å². The van der Waals surface area contributed by atoms with Crippen molar-refractivity contribution in [3.63, 3.8) is 0 Å². The van der Waals surface area contributed by atoms with Crippen LogP contribution in [0.15, 0.2) is 31.0 Å². The van der Waals surface area contributed by atoms with Crippen molar-refractivity contribution in [2.75, 3.05) is 5.32 Å². The van der Waals surface area contributed by atoms with E-state index in [9.17, 15) is 0 Å². The maximum atomic E-state index is 8.53. The molecule has 13 heavy (non-hydrogen) atoms. The number of hydrogen-bond acceptors (Lipinski definition) is 3. The molecule has 0 aliphatic rings. The lowest BCUT2D eigenvalue weighted by molar-refractivity contribution is 0.983. The number of anilines is 1. The summed E-state index contributed by atoms with van der Waals surface area (Å²) in [6, 6.07) is 5.70. The lowest BCUT2D eigenvalue weighted by Crippen LogP contribution is -2.12. The Morgan fingerprint density at radius 2 is 2.46 bits per heavy atom. The average Bonchev–Trinajstić information content (AvgIpc) is 2.19. The highest BCUT2D eigenvalue weighted by Crippen LogP contribution is 2.05. The molecule has 3 heteroatoms. The standard InChI is InChI=1S/C10H11N3/c1-3-8(2)13-10-5-4-9(6-11)7-12-10/h3-5,7-8H,1H2,2H3,(H,12,13). The monoisotopic (exact) mass is 173 g/mol. The zero-order chi connectivity index (χ0) is 9.68. The van der Waals surface area contributed by atoms with Crippen LogP contribution in [0, 0.1) is 11.3 Å². The van der Waals surface area contributed by atoms with Crippen molar-refractivity contribution in [1.82, 2.24) is 4.98 Å². The number of aromatic nitrogens is 1. The summed E-state index contributed by atoms with van der Waals surface area (Å²) >= 11 is 0. The van der Waals surface area contributed by atoms with Crippen molar-refractivity contribution in [3.05, 3.63) is 36.5 Å². The minimum absolute atomic E-state index is 0.181. The van der Waals surface area contributed by atoms with Gasteiger partial charge in [0.2, 0.25) is 0 Å². The molecule has 1 atom stereocenters. The van der Waals surface area contributed by atoms with E-state index in [0.29, 0.717) is 5.56 Å². The molecule has 0 aromatic carbocycles. The Kier molecular flexibility index (Phi) is 3.04. The van der Waals surface area contributed by atoms with Crippen LogP contribution < -0.4 is 5.32 Å². The van der Waals surface area contributed by atoms with E-state index in [1.54, 1.807) is 18.2 Å². The van der Waals surface area contributed by atoms with Crippen molar-refractivity contribution in [2.45, 2.75) is 13.0 Å². The number of hydrogen-bond donors (Lipinski definition) is 1. The van der Waals surface area contributed by atoms with Crippen LogP contribution in [0.1, 0.15) is 12.5 Å². The molecule has 0 aliphatic carbocycles. The summed E-state index contributed by atoms with van der Waals surface area (Å²) in [5.74, 6) is 0.756. The summed E-state index contributed by atoms with van der Waals surface area (Å²) in [5, 5.41) is 11.6. The van der Waals surface area contributed by atoms with Gasteiger partial charge in [-0.05, 0) is 19.1 Å². The van der Waals surface area contributed by atoms with E-state index in [4.69, 9.17) is 5.26 Å². The number of rotatable bonds is 3. The highest BCUT2D eigenvalue weighted by molar-refractivity contribution is 5.40. The van der Waals surface area contributed by atoms with Crippen LogP contribution in [0.5, 0.6) is 0 Å². The van der Waals surface area contributed by atoms with Crippen LogP contribution in [-0.4, -0.2) is 11.0 Å². The Labute approximate surface area is 77.7 Å². The predicted molar refractivity (Wildman–Crippen MR) is 52.2 cm³/mol. The molecule has 0 radical (unpaired) electrons. The topological polar surface area (TPSA) is 48.7 Å². The molecule has 3 nitrogen and oxygen atoms in total. The lowest BCUT2D eigenvalue weighted by Gasteiger charge is -2.08. The van der Waals surface area contributed by atoms with Crippen molar-refractivity contribution in [1.29, 1.82) is 5.26 Å². The Bertz CT molecular complexity index is 321. The van der Waals surface area contributed by atoms with E-state index >= 15 is 0 Å². The smallest absolute Gasteiger partial charge is 0.126 e. The molecule has 1 unspecified atom stereocenters. The summed E-state index contributed by atoms with van der Waals surface area (Å²) < 4.78 is 0. The molecule has 0 amide bonds. The van der Waals surface area contributed by atoms with Crippen molar-refractivity contribution < 1.29 is 0 Å². The second kappa shape index (κ2) is 4.27. The van der Waals surface area contributed by atoms with E-state index in [0.717, 1.165) is 5.82 Å². The van der Waals surface area contributed by atoms with Gasteiger partial charge in [-0.2, -0.15) is 5.26 Å². The third-order valence-corrected chi connectivity index (χ3v) is 1.62. The second-order valence-electron chi connectivity index (χ2n) is 2.71. The third kappa shape index (κ3) is 2.60. The van der Waals surface area contributed by atoms with E-state index in [2.05, 4.69) is 16.9 Å². The van der Waals surface area contributed by atoms with Gasteiger partial charge >= 0.3 is 0 Å². The van der Waals surface area contributed by atoms with Crippen molar-refractivity contribution in [3.8, 4) is 6.07 Å². The number of pyridine rings is 1. The van der Waals surface area contributed by atoms with Gasteiger partial charge in [-0.3, -0.25) is 0 Å². The fraction of sp³-hybridized carbons (Fsp3) is 0.200. The molecule has 1 aromatic heterocycles. The molecular formula is C10H11N3. The molecule has 1 aromatic rings. The van der Waals surface area contributed by atoms with E-state index in [-0.39, 0.29) is 6.04 Å². The van der Waals surface area contributed by atoms with Crippen molar-refractivity contribution in [2.24, 2.45) is 0 Å². The molecule has 0 spiro atoms. The number of nitriles is 1. The summed E-state index contributed by atoms with van der Waals surface area (Å²) in [7, 11) is 0. The largest absolute Gasteiger partial charge is 0.364 e. The molecule has 1 rings (SSSR count). The minimum atomic E-state index is 0.181. The van der Waals surface area contributed by atoms with Gasteiger partial charge in [-0.1, -0.05) is 6.08 Å². The second-order valence-corrected chi connectivity index (χ2v) is 2.71. The molecule has 0 saturated carbocycles. The van der Waals surface area contributed by atoms with Gasteiger partial charge < -0.3 is 5.32 Å². The van der Waals surface area contributed by atoms with E-state index in [1.165, 1.54) is 6.20 Å². The van der Waals surface area contributed by atoms with Gasteiger partial charge in [0.25, 0.3) is 0 Å². The van der Waals surface area contributed by atoms with Crippen LogP contribution in [0.4, 0.5) is 5.82 Å². The zero-order valence-electron chi connectivity index (χ0n) is 7.49. The molecule has 1 heterocycles. The molecule has 0 fully saturated rings. The molecule has 0 saturated heterocycles. The van der Waals surface area contributed by atoms with Crippen LogP contribution in [0.25, 0.3) is 0 Å². The Morgan fingerprint density at radius 1 is 1.69 bits per heavy atom. The first kappa shape index (κ1) is 9.27. The van der Waals surface area contributed by atoms with Crippen LogP contribution in [0.3, 0.4) is 0 Å². The Hall–Kier alpha value is -1.82. The highest BCUT2D eigenvalue weighted by Gasteiger charge is 1.97. The molecule has 0 aliphatic heterocycles. The molecule has 0 bridgehead atoms. The van der Waals surface area contributed by atoms with E-state index in [1.807, 2.05) is 13.0 Å². The fourth-order valence-corrected chi connectivity index (χ4v) is 0.838. The number of nitrogens with zero attached hydrogens (tertiary/aromatic N) is 2. The van der Waals surface area contributed by atoms with Gasteiger partial charge in [0.15, 0.2) is 0 Å². The maximum absolute atomic E-state index is 8.53. The summed E-state index contributed by atoms with van der Waals surface area (Å²) in [5.41, 5.74) is 0.566. The SMILES string of the molecule is C=CC(C)Nc1ccc(C#N)cn1. The Morgan fingerprint density at radius 3 is 2.92 bits per heavy atom. The van der Waals surface area contributed by atoms with Gasteiger partial charge in [0.1, 0.15) is 11.9 Å². The average molecular weight is 173 g/mol. The zero-order valence-corrected chi connectivity index (χ0v) is 7.49. The van der Waals surface area contributed by atoms with Crippen LogP contribution >= 0.6 is 0 Å². The first-order chi connectivity index (χ1) is 6.26. The Balaban J connectivity index is 2.70. The summed E-state index contributed by atoms with van der Waals surface area (Å²) in [4.78, 5) is 4.06. The molecule has 66 valence electrons. The normalized spacial score (nSPS) is 11.4. The minimum Gasteiger partial charge on any atom is -0.364 e. The van der Waals surface area contributed by atoms with Crippen molar-refractivity contribution >= 4 is 5.82 Å². The maximum Gasteiger partial charge on any atom is 0.126 e. The number of nitrogens with one attached hydrogen (secondary N) is 1. The quantitative estimate of drug-likeness (QED) is 0.710. The third-order valence-electron chi connectivity index (χ3n) is 1.62. The molecular weight excluding hydrogens is 162 g/mol. The first-order valence-corrected chi connectivity index (χ1v) is 4.01.